The van der Waals surface area contributed by atoms with E-state index in [0.717, 1.165) is 25.7 Å². The summed E-state index contributed by atoms with van der Waals surface area (Å²) in [4.78, 5) is 0. The molecule has 6 heteroatoms. The van der Waals surface area contributed by atoms with Crippen molar-refractivity contribution in [3.8, 4) is 11.5 Å². The van der Waals surface area contributed by atoms with Crippen molar-refractivity contribution in [1.29, 1.82) is 0 Å². The van der Waals surface area contributed by atoms with Crippen LogP contribution in [0.1, 0.15) is 32.6 Å². The number of para-hydroxylation sites is 2. The first-order valence-corrected chi connectivity index (χ1v) is 10.4. The molecule has 0 aliphatic rings. The zero-order chi connectivity index (χ0) is 17.3. The molecule has 0 saturated carbocycles. The molecule has 132 valence electrons. The number of benzene rings is 2. The Balaban J connectivity index is 2.12. The SMILES string of the molecule is CCCCCCOP(N)(N)(Oc1ccccc1)Oc1ccccc1. The van der Waals surface area contributed by atoms with Gasteiger partial charge in [-0.1, -0.05) is 0 Å². The average Bonchev–Trinajstić information content (AvgIpc) is 2.56. The second-order valence-corrected chi connectivity index (χ2v) is 8.34. The zero-order valence-corrected chi connectivity index (χ0v) is 15.0. The Labute approximate surface area is 144 Å². The summed E-state index contributed by atoms with van der Waals surface area (Å²) in [5, 5.41) is 0. The van der Waals surface area contributed by atoms with Crippen LogP contribution in [0.2, 0.25) is 0 Å². The van der Waals surface area contributed by atoms with Crippen molar-refractivity contribution in [2.24, 2.45) is 11.0 Å². The molecule has 0 bridgehead atoms. The minimum atomic E-state index is -4.28. The van der Waals surface area contributed by atoms with Gasteiger partial charge in [-0.2, -0.15) is 0 Å². The Morgan fingerprint density at radius 2 is 1.25 bits per heavy atom. The third kappa shape index (κ3) is 6.10. The normalized spacial score (nSPS) is 13.0. The topological polar surface area (TPSA) is 79.7 Å². The number of rotatable bonds is 10. The van der Waals surface area contributed by atoms with Crippen LogP contribution in [-0.2, 0) is 4.52 Å². The summed E-state index contributed by atoms with van der Waals surface area (Å²) in [5.74, 6) is 1.04. The van der Waals surface area contributed by atoms with E-state index in [2.05, 4.69) is 6.92 Å². The summed E-state index contributed by atoms with van der Waals surface area (Å²) in [6.45, 7) is 2.55. The van der Waals surface area contributed by atoms with E-state index >= 15 is 0 Å². The van der Waals surface area contributed by atoms with Crippen LogP contribution >= 0.6 is 7.59 Å². The van der Waals surface area contributed by atoms with E-state index in [1.54, 1.807) is 24.3 Å². The Bertz CT molecular complexity index is 563. The van der Waals surface area contributed by atoms with Gasteiger partial charge in [0.1, 0.15) is 0 Å². The van der Waals surface area contributed by atoms with Crippen LogP contribution in [0.5, 0.6) is 11.5 Å². The second-order valence-electron chi connectivity index (χ2n) is 5.71. The van der Waals surface area contributed by atoms with Crippen molar-refractivity contribution in [2.45, 2.75) is 32.6 Å². The number of hydrogen-bond donors (Lipinski definition) is 2. The summed E-state index contributed by atoms with van der Waals surface area (Å²) in [7, 11) is -4.28. The van der Waals surface area contributed by atoms with E-state index in [-0.39, 0.29) is 0 Å². The van der Waals surface area contributed by atoms with Gasteiger partial charge in [-0.15, -0.1) is 0 Å². The maximum absolute atomic E-state index is 6.36. The molecule has 0 aliphatic carbocycles. The molecule has 2 aromatic rings. The number of unbranched alkanes of at least 4 members (excludes halogenated alkanes) is 3. The number of nitrogens with two attached hydrogens (primary N) is 2. The molecule has 0 heterocycles. The fourth-order valence-corrected chi connectivity index (χ4v) is 3.93. The van der Waals surface area contributed by atoms with Gasteiger partial charge in [0.25, 0.3) is 0 Å². The van der Waals surface area contributed by atoms with Crippen LogP contribution < -0.4 is 20.1 Å². The summed E-state index contributed by atoms with van der Waals surface area (Å²) < 4.78 is 17.5. The predicted octanol–water partition coefficient (Wildman–Crippen LogP) is 4.79. The second kappa shape index (κ2) is 8.45. The fraction of sp³-hybridized carbons (Fsp3) is 0.333. The summed E-state index contributed by atoms with van der Waals surface area (Å²) in [6, 6.07) is 18.2. The van der Waals surface area contributed by atoms with E-state index < -0.39 is 7.59 Å². The van der Waals surface area contributed by atoms with Crippen LogP contribution in [0.4, 0.5) is 0 Å². The standard InChI is InChI=1S/C18H27N2O3P/c1-2-3-4-11-16-21-24(19,20,22-17-12-7-5-8-13-17)23-18-14-9-6-10-15-18/h5-10,12-15H,2-4,11,16,19-20H2,1H3. The molecule has 0 aromatic heterocycles. The van der Waals surface area contributed by atoms with E-state index in [0.29, 0.717) is 18.1 Å². The van der Waals surface area contributed by atoms with Crippen molar-refractivity contribution in [2.75, 3.05) is 6.61 Å². The van der Waals surface area contributed by atoms with Crippen LogP contribution in [0.15, 0.2) is 60.7 Å². The molecule has 4 N–H and O–H groups in total. The Hall–Kier alpha value is -1.65. The molecule has 0 radical (unpaired) electrons. The first-order chi connectivity index (χ1) is 11.5. The van der Waals surface area contributed by atoms with Gasteiger partial charge in [-0.05, 0) is 0 Å². The fourth-order valence-electron chi connectivity index (χ4n) is 2.22. The van der Waals surface area contributed by atoms with Crippen molar-refractivity contribution in [3.63, 3.8) is 0 Å². The number of hydrogen-bond acceptors (Lipinski definition) is 5. The van der Waals surface area contributed by atoms with E-state index in [9.17, 15) is 0 Å². The molecule has 2 rings (SSSR count). The Kier molecular flexibility index (Phi) is 6.58. The molecule has 0 spiro atoms. The molecule has 5 nitrogen and oxygen atoms in total. The molecule has 0 amide bonds. The van der Waals surface area contributed by atoms with Crippen LogP contribution in [0, 0.1) is 0 Å². The van der Waals surface area contributed by atoms with Crippen molar-refractivity contribution in [1.82, 2.24) is 0 Å². The quantitative estimate of drug-likeness (QED) is 0.476. The van der Waals surface area contributed by atoms with Gasteiger partial charge in [0, 0.05) is 0 Å². The Morgan fingerprint density at radius 1 is 0.750 bits per heavy atom. The van der Waals surface area contributed by atoms with Gasteiger partial charge in [0.15, 0.2) is 0 Å². The summed E-state index contributed by atoms with van der Waals surface area (Å²) in [6.07, 6.45) is 4.21. The molecular weight excluding hydrogens is 323 g/mol. The van der Waals surface area contributed by atoms with Crippen LogP contribution in [0.25, 0.3) is 0 Å². The van der Waals surface area contributed by atoms with Crippen LogP contribution in [0.3, 0.4) is 0 Å². The Morgan fingerprint density at radius 3 is 1.71 bits per heavy atom. The molecule has 24 heavy (non-hydrogen) atoms. The first-order valence-electron chi connectivity index (χ1n) is 8.29. The van der Waals surface area contributed by atoms with Gasteiger partial charge in [0.2, 0.25) is 0 Å². The minimum absolute atomic E-state index is 0.393. The van der Waals surface area contributed by atoms with Crippen LogP contribution in [-0.4, -0.2) is 6.61 Å². The third-order valence-electron chi connectivity index (χ3n) is 3.40. The third-order valence-corrected chi connectivity index (χ3v) is 5.23. The monoisotopic (exact) mass is 350 g/mol. The van der Waals surface area contributed by atoms with Gasteiger partial charge >= 0.3 is 144 Å². The maximum atomic E-state index is 6.36. The van der Waals surface area contributed by atoms with E-state index in [4.69, 9.17) is 24.6 Å². The van der Waals surface area contributed by atoms with Gasteiger partial charge in [0.05, 0.1) is 0 Å². The van der Waals surface area contributed by atoms with E-state index in [1.807, 2.05) is 36.4 Å². The average molecular weight is 350 g/mol. The first kappa shape index (κ1) is 18.7. The zero-order valence-electron chi connectivity index (χ0n) is 14.1. The summed E-state index contributed by atoms with van der Waals surface area (Å²) in [5.41, 5.74) is 12.7. The van der Waals surface area contributed by atoms with Crippen molar-refractivity contribution >= 4 is 7.59 Å². The van der Waals surface area contributed by atoms with Gasteiger partial charge in [-0.25, -0.2) is 0 Å². The molecule has 0 unspecified atom stereocenters. The molecule has 0 fully saturated rings. The molecule has 0 atom stereocenters. The van der Waals surface area contributed by atoms with Gasteiger partial charge in [-0.3, -0.25) is 0 Å². The van der Waals surface area contributed by atoms with Crippen molar-refractivity contribution in [3.05, 3.63) is 60.7 Å². The molecule has 0 saturated heterocycles. The summed E-state index contributed by atoms with van der Waals surface area (Å²) >= 11 is 0. The molecule has 0 aliphatic heterocycles. The predicted molar refractivity (Wildman–Crippen MR) is 99.5 cm³/mol. The molecule has 2 aromatic carbocycles. The van der Waals surface area contributed by atoms with Gasteiger partial charge < -0.3 is 0 Å². The molecular formula is C18H27N2O3P. The van der Waals surface area contributed by atoms with E-state index in [1.165, 1.54) is 0 Å². The van der Waals surface area contributed by atoms with Crippen molar-refractivity contribution < 1.29 is 13.6 Å².